The summed E-state index contributed by atoms with van der Waals surface area (Å²) in [6.45, 7) is 4.48. The maximum Gasteiger partial charge on any atom is 0.338 e. The lowest BCUT2D eigenvalue weighted by Crippen LogP contribution is -2.48. The molecule has 0 saturated carbocycles. The Morgan fingerprint density at radius 2 is 2.29 bits per heavy atom. The van der Waals surface area contributed by atoms with Crippen molar-refractivity contribution in [3.8, 4) is 0 Å². The molecule has 1 aromatic rings. The number of esters is 1. The van der Waals surface area contributed by atoms with Crippen LogP contribution in [0.1, 0.15) is 37.6 Å². The molecule has 6 heteroatoms. The van der Waals surface area contributed by atoms with E-state index in [-0.39, 0.29) is 6.03 Å². The number of rotatable bonds is 5. The minimum absolute atomic E-state index is 0.160. The Morgan fingerprint density at radius 3 is 2.86 bits per heavy atom. The van der Waals surface area contributed by atoms with Crippen LogP contribution in [0.25, 0.3) is 0 Å². The highest BCUT2D eigenvalue weighted by Gasteiger charge is 2.36. The van der Waals surface area contributed by atoms with Crippen LogP contribution in [0.15, 0.2) is 28.8 Å². The van der Waals surface area contributed by atoms with Crippen molar-refractivity contribution in [2.75, 3.05) is 13.7 Å². The molecule has 0 fully saturated rings. The number of carbonyl (C=O) groups excluding carboxylic acids is 2. The highest BCUT2D eigenvalue weighted by atomic mass is 32.1. The number of hydrogen-bond donors (Lipinski definition) is 1. The molecule has 1 atom stereocenters. The number of nitrogens with one attached hydrogen (secondary N) is 1. The Hall–Kier alpha value is -1.82. The molecule has 0 aromatic carbocycles. The van der Waals surface area contributed by atoms with Crippen molar-refractivity contribution in [2.24, 2.45) is 0 Å². The van der Waals surface area contributed by atoms with Crippen LogP contribution in [0.4, 0.5) is 4.79 Å². The molecule has 1 unspecified atom stereocenters. The van der Waals surface area contributed by atoms with E-state index in [1.54, 1.807) is 11.8 Å². The monoisotopic (exact) mass is 308 g/mol. The molecule has 1 aliphatic rings. The van der Waals surface area contributed by atoms with Crippen molar-refractivity contribution in [1.29, 1.82) is 0 Å². The van der Waals surface area contributed by atoms with E-state index in [0.29, 0.717) is 17.8 Å². The number of amides is 2. The van der Waals surface area contributed by atoms with Crippen LogP contribution < -0.4 is 5.32 Å². The van der Waals surface area contributed by atoms with Crippen LogP contribution in [0.2, 0.25) is 0 Å². The van der Waals surface area contributed by atoms with Crippen molar-refractivity contribution in [1.82, 2.24) is 10.2 Å². The molecule has 0 spiro atoms. The fourth-order valence-electron chi connectivity index (χ4n) is 2.41. The first-order valence-electron chi connectivity index (χ1n) is 7.00. The second-order valence-corrected chi connectivity index (χ2v) is 5.87. The predicted octanol–water partition coefficient (Wildman–Crippen LogP) is 3.06. The number of unbranched alkanes of at least 4 members (excludes halogenated alkanes) is 1. The minimum Gasteiger partial charge on any atom is -0.466 e. The number of urea groups is 1. The highest BCUT2D eigenvalue weighted by Crippen LogP contribution is 2.33. The van der Waals surface area contributed by atoms with Gasteiger partial charge in [0.05, 0.1) is 18.7 Å². The van der Waals surface area contributed by atoms with E-state index in [2.05, 4.69) is 12.2 Å². The Balaban J connectivity index is 2.42. The average molecular weight is 308 g/mol. The first kappa shape index (κ1) is 15.6. The van der Waals surface area contributed by atoms with Gasteiger partial charge in [-0.1, -0.05) is 19.4 Å². The van der Waals surface area contributed by atoms with E-state index in [0.717, 1.165) is 17.7 Å². The number of allylic oxidation sites excluding steroid dienone is 1. The van der Waals surface area contributed by atoms with Crippen molar-refractivity contribution in [3.05, 3.63) is 33.7 Å². The number of ether oxygens (including phenoxy) is 1. The van der Waals surface area contributed by atoms with Gasteiger partial charge in [0.15, 0.2) is 0 Å². The molecule has 2 heterocycles. The first-order valence-corrected chi connectivity index (χ1v) is 7.88. The predicted molar refractivity (Wildman–Crippen MR) is 81.9 cm³/mol. The van der Waals surface area contributed by atoms with Crippen molar-refractivity contribution >= 4 is 23.3 Å². The smallest absolute Gasteiger partial charge is 0.338 e. The lowest BCUT2D eigenvalue weighted by atomic mass is 10.0. The second kappa shape index (κ2) is 6.76. The zero-order valence-corrected chi connectivity index (χ0v) is 13.3. The maximum absolute atomic E-state index is 12.3. The largest absolute Gasteiger partial charge is 0.466 e. The van der Waals surface area contributed by atoms with Crippen molar-refractivity contribution in [3.63, 3.8) is 0 Å². The van der Waals surface area contributed by atoms with Gasteiger partial charge in [0.1, 0.15) is 0 Å². The molecule has 1 aromatic heterocycles. The standard InChI is InChI=1S/C15H20N2O3S/c1-4-5-8-17-10(2)12(14(18)20-3)13(16-15(17)19)11-7-6-9-21-11/h6-7,9,13H,4-5,8H2,1-3H3,(H,16,19). The molecule has 2 amide bonds. The lowest BCUT2D eigenvalue weighted by Gasteiger charge is -2.34. The van der Waals surface area contributed by atoms with Gasteiger partial charge in [-0.3, -0.25) is 4.90 Å². The molecule has 0 radical (unpaired) electrons. The third-order valence-corrected chi connectivity index (χ3v) is 4.50. The van der Waals surface area contributed by atoms with Crippen LogP contribution in [0, 0.1) is 0 Å². The minimum atomic E-state index is -0.428. The van der Waals surface area contributed by atoms with Gasteiger partial charge in [0, 0.05) is 17.1 Å². The summed E-state index contributed by atoms with van der Waals surface area (Å²) in [4.78, 5) is 27.0. The van der Waals surface area contributed by atoms with Gasteiger partial charge in [-0.05, 0) is 24.8 Å². The topological polar surface area (TPSA) is 58.6 Å². The third-order valence-electron chi connectivity index (χ3n) is 3.56. The summed E-state index contributed by atoms with van der Waals surface area (Å²) in [6.07, 6.45) is 1.88. The summed E-state index contributed by atoms with van der Waals surface area (Å²) >= 11 is 1.51. The quantitative estimate of drug-likeness (QED) is 0.851. The van der Waals surface area contributed by atoms with Gasteiger partial charge in [-0.15, -0.1) is 11.3 Å². The summed E-state index contributed by atoms with van der Waals surface area (Å²) in [7, 11) is 1.36. The number of nitrogens with zero attached hydrogens (tertiary/aromatic N) is 1. The molecular weight excluding hydrogens is 288 g/mol. The zero-order chi connectivity index (χ0) is 15.4. The van der Waals surface area contributed by atoms with Gasteiger partial charge in [-0.2, -0.15) is 0 Å². The fraction of sp³-hybridized carbons (Fsp3) is 0.467. The fourth-order valence-corrected chi connectivity index (χ4v) is 3.19. The van der Waals surface area contributed by atoms with E-state index in [4.69, 9.17) is 4.74 Å². The Morgan fingerprint density at radius 1 is 1.52 bits per heavy atom. The summed E-state index contributed by atoms with van der Waals surface area (Å²) in [5.74, 6) is -0.396. The van der Waals surface area contributed by atoms with E-state index in [1.165, 1.54) is 18.4 Å². The van der Waals surface area contributed by atoms with E-state index < -0.39 is 12.0 Å². The van der Waals surface area contributed by atoms with Crippen molar-refractivity contribution in [2.45, 2.75) is 32.7 Å². The molecule has 2 rings (SSSR count). The van der Waals surface area contributed by atoms with Crippen LogP contribution in [0.3, 0.4) is 0 Å². The van der Waals surface area contributed by atoms with Crippen LogP contribution in [-0.4, -0.2) is 30.6 Å². The van der Waals surface area contributed by atoms with E-state index in [9.17, 15) is 9.59 Å². The number of carbonyl (C=O) groups is 2. The second-order valence-electron chi connectivity index (χ2n) is 4.89. The molecule has 0 bridgehead atoms. The highest BCUT2D eigenvalue weighted by molar-refractivity contribution is 7.10. The average Bonchev–Trinajstić information content (AvgIpc) is 3.00. The summed E-state index contributed by atoms with van der Waals surface area (Å²) < 4.78 is 4.91. The number of methoxy groups -OCH3 is 1. The van der Waals surface area contributed by atoms with Crippen LogP contribution >= 0.6 is 11.3 Å². The normalized spacial score (nSPS) is 18.7. The van der Waals surface area contributed by atoms with Gasteiger partial charge in [0.25, 0.3) is 0 Å². The molecule has 1 N–H and O–H groups in total. The van der Waals surface area contributed by atoms with Gasteiger partial charge < -0.3 is 10.1 Å². The number of hydrogen-bond acceptors (Lipinski definition) is 4. The molecular formula is C15H20N2O3S. The first-order chi connectivity index (χ1) is 10.1. The molecule has 5 nitrogen and oxygen atoms in total. The van der Waals surface area contributed by atoms with E-state index >= 15 is 0 Å². The maximum atomic E-state index is 12.3. The van der Waals surface area contributed by atoms with Gasteiger partial charge >= 0.3 is 12.0 Å². The van der Waals surface area contributed by atoms with Crippen molar-refractivity contribution < 1.29 is 14.3 Å². The summed E-state index contributed by atoms with van der Waals surface area (Å²) in [5, 5.41) is 4.84. The summed E-state index contributed by atoms with van der Waals surface area (Å²) in [6, 6.07) is 3.22. The Kier molecular flexibility index (Phi) is 5.01. The Labute approximate surface area is 128 Å². The third kappa shape index (κ3) is 3.10. The molecule has 0 saturated heterocycles. The molecule has 1 aliphatic heterocycles. The van der Waals surface area contributed by atoms with Gasteiger partial charge in [-0.25, -0.2) is 9.59 Å². The van der Waals surface area contributed by atoms with E-state index in [1.807, 2.05) is 17.5 Å². The molecule has 114 valence electrons. The molecule has 21 heavy (non-hydrogen) atoms. The zero-order valence-electron chi connectivity index (χ0n) is 12.5. The van der Waals surface area contributed by atoms with Crippen LogP contribution in [0.5, 0.6) is 0 Å². The number of thiophene rings is 1. The lowest BCUT2D eigenvalue weighted by molar-refractivity contribution is -0.136. The Bertz CT molecular complexity index is 551. The van der Waals surface area contributed by atoms with Gasteiger partial charge in [0.2, 0.25) is 0 Å². The molecule has 0 aliphatic carbocycles. The van der Waals surface area contributed by atoms with Crippen LogP contribution in [-0.2, 0) is 9.53 Å². The summed E-state index contributed by atoms with van der Waals surface area (Å²) in [5.41, 5.74) is 1.19. The SMILES string of the molecule is CCCCN1C(=O)NC(c2cccs2)C(C(=O)OC)=C1C.